The van der Waals surface area contributed by atoms with Crippen LogP contribution in [0, 0.1) is 0 Å². The molecule has 19 heavy (non-hydrogen) atoms. The lowest BCUT2D eigenvalue weighted by Gasteiger charge is -2.16. The molecule has 9 heteroatoms. The van der Waals surface area contributed by atoms with Crippen molar-refractivity contribution in [1.82, 2.24) is 4.98 Å². The topological polar surface area (TPSA) is 39.2 Å². The molecule has 0 spiro atoms. The van der Waals surface area contributed by atoms with Gasteiger partial charge in [-0.1, -0.05) is 11.6 Å². The van der Waals surface area contributed by atoms with Crippen molar-refractivity contribution in [3.8, 4) is 0 Å². The monoisotopic (exact) mass is 303 g/mol. The first-order chi connectivity index (χ1) is 8.68. The van der Waals surface area contributed by atoms with Gasteiger partial charge in [0, 0.05) is 6.20 Å². The van der Waals surface area contributed by atoms with Crippen molar-refractivity contribution in [3.63, 3.8) is 0 Å². The Morgan fingerprint density at radius 2 is 2.05 bits per heavy atom. The minimum atomic E-state index is -5.07. The third-order valence-corrected chi connectivity index (χ3v) is 2.54. The zero-order chi connectivity index (χ0) is 14.8. The van der Waals surface area contributed by atoms with Gasteiger partial charge in [0.2, 0.25) is 0 Å². The summed E-state index contributed by atoms with van der Waals surface area (Å²) in [6.07, 6.45) is -8.75. The standard InChI is InChI=1S/C10H7ClF5NO2/c1-19-6(18)2-4-5(11)3-17-8(10(14,15)16)7(4)9(12)13/h3,9H,2H2,1H3. The lowest BCUT2D eigenvalue weighted by atomic mass is 10.0. The molecule has 1 aromatic heterocycles. The van der Waals surface area contributed by atoms with Crippen molar-refractivity contribution in [2.24, 2.45) is 0 Å². The van der Waals surface area contributed by atoms with Crippen LogP contribution in [0.1, 0.15) is 23.2 Å². The number of halogens is 6. The molecule has 0 bridgehead atoms. The van der Waals surface area contributed by atoms with Crippen LogP contribution in [0.5, 0.6) is 0 Å². The van der Waals surface area contributed by atoms with Gasteiger partial charge in [0.15, 0.2) is 5.69 Å². The van der Waals surface area contributed by atoms with Gasteiger partial charge in [-0.2, -0.15) is 13.2 Å². The zero-order valence-electron chi connectivity index (χ0n) is 9.39. The number of methoxy groups -OCH3 is 1. The number of rotatable bonds is 3. The maximum Gasteiger partial charge on any atom is 0.433 e. The third kappa shape index (κ3) is 3.52. The van der Waals surface area contributed by atoms with Crippen LogP contribution in [0.3, 0.4) is 0 Å². The number of hydrogen-bond acceptors (Lipinski definition) is 3. The van der Waals surface area contributed by atoms with E-state index in [1.54, 1.807) is 0 Å². The van der Waals surface area contributed by atoms with Crippen molar-refractivity contribution in [2.45, 2.75) is 19.0 Å². The van der Waals surface area contributed by atoms with Crippen molar-refractivity contribution in [2.75, 3.05) is 7.11 Å². The summed E-state index contributed by atoms with van der Waals surface area (Å²) >= 11 is 5.53. The van der Waals surface area contributed by atoms with Crippen LogP contribution < -0.4 is 0 Å². The summed E-state index contributed by atoms with van der Waals surface area (Å²) < 4.78 is 67.6. The van der Waals surface area contributed by atoms with Crippen molar-refractivity contribution in [3.05, 3.63) is 28.0 Å². The highest BCUT2D eigenvalue weighted by Crippen LogP contribution is 2.39. The highest BCUT2D eigenvalue weighted by molar-refractivity contribution is 6.31. The summed E-state index contributed by atoms with van der Waals surface area (Å²) in [6, 6.07) is 0. The lowest BCUT2D eigenvalue weighted by molar-refractivity contribution is -0.144. The highest BCUT2D eigenvalue weighted by Gasteiger charge is 2.39. The van der Waals surface area contributed by atoms with E-state index in [1.807, 2.05) is 0 Å². The average molecular weight is 304 g/mol. The Kier molecular flexibility index (Phi) is 4.67. The Labute approximate surface area is 109 Å². The van der Waals surface area contributed by atoms with Crippen LogP contribution in [-0.4, -0.2) is 18.1 Å². The molecule has 1 aromatic rings. The Hall–Kier alpha value is -1.44. The van der Waals surface area contributed by atoms with E-state index >= 15 is 0 Å². The van der Waals surface area contributed by atoms with Crippen LogP contribution in [0.2, 0.25) is 5.02 Å². The van der Waals surface area contributed by atoms with Crippen LogP contribution in [0.4, 0.5) is 22.0 Å². The van der Waals surface area contributed by atoms with E-state index in [0.717, 1.165) is 7.11 Å². The first kappa shape index (κ1) is 15.6. The molecular formula is C10H7ClF5NO2. The zero-order valence-corrected chi connectivity index (χ0v) is 10.1. The van der Waals surface area contributed by atoms with Gasteiger partial charge in [0.25, 0.3) is 6.43 Å². The van der Waals surface area contributed by atoms with Gasteiger partial charge in [-0.15, -0.1) is 0 Å². The van der Waals surface area contributed by atoms with E-state index in [4.69, 9.17) is 11.6 Å². The number of alkyl halides is 5. The van der Waals surface area contributed by atoms with Crippen LogP contribution in [0.15, 0.2) is 6.20 Å². The number of carbonyl (C=O) groups is 1. The summed E-state index contributed by atoms with van der Waals surface area (Å²) in [7, 11) is 0.976. The van der Waals surface area contributed by atoms with Gasteiger partial charge in [-0.25, -0.2) is 13.8 Å². The predicted octanol–water partition coefficient (Wildman–Crippen LogP) is 3.41. The number of aromatic nitrogens is 1. The predicted molar refractivity (Wildman–Crippen MR) is 54.9 cm³/mol. The van der Waals surface area contributed by atoms with Gasteiger partial charge in [-0.05, 0) is 5.56 Å². The number of esters is 1. The van der Waals surface area contributed by atoms with E-state index in [0.29, 0.717) is 6.20 Å². The fraction of sp³-hybridized carbons (Fsp3) is 0.400. The number of nitrogens with zero attached hydrogens (tertiary/aromatic N) is 1. The SMILES string of the molecule is COC(=O)Cc1c(Cl)cnc(C(F)(F)F)c1C(F)F. The molecule has 0 fully saturated rings. The van der Waals surface area contributed by atoms with Crippen LogP contribution in [0.25, 0.3) is 0 Å². The molecule has 106 valence electrons. The van der Waals surface area contributed by atoms with Crippen molar-refractivity contribution in [1.29, 1.82) is 0 Å². The molecule has 0 saturated carbocycles. The number of pyridine rings is 1. The molecule has 0 radical (unpaired) electrons. The molecule has 0 atom stereocenters. The second kappa shape index (κ2) is 5.68. The second-order valence-corrected chi connectivity index (χ2v) is 3.81. The fourth-order valence-corrected chi connectivity index (χ4v) is 1.61. The second-order valence-electron chi connectivity index (χ2n) is 3.40. The summed E-state index contributed by atoms with van der Waals surface area (Å²) in [5, 5.41) is -0.450. The number of ether oxygens (including phenoxy) is 1. The number of hydrogen-bond donors (Lipinski definition) is 0. The quantitative estimate of drug-likeness (QED) is 0.634. The number of carbonyl (C=O) groups excluding carboxylic acids is 1. The van der Waals surface area contributed by atoms with Gasteiger partial charge in [-0.3, -0.25) is 4.79 Å². The summed E-state index contributed by atoms with van der Waals surface area (Å²) in [5.74, 6) is -0.983. The molecule has 0 unspecified atom stereocenters. The first-order valence-corrected chi connectivity index (χ1v) is 5.15. The van der Waals surface area contributed by atoms with E-state index in [9.17, 15) is 26.7 Å². The minimum absolute atomic E-state index is 0.450. The van der Waals surface area contributed by atoms with Crippen molar-refractivity contribution < 1.29 is 31.5 Å². The molecule has 0 aliphatic carbocycles. The molecule has 3 nitrogen and oxygen atoms in total. The van der Waals surface area contributed by atoms with E-state index in [1.165, 1.54) is 0 Å². The third-order valence-electron chi connectivity index (χ3n) is 2.21. The molecule has 0 aliphatic heterocycles. The molecule has 1 rings (SSSR count). The van der Waals surface area contributed by atoms with Gasteiger partial charge in [0.1, 0.15) is 0 Å². The fourth-order valence-electron chi connectivity index (χ4n) is 1.40. The maximum atomic E-state index is 12.8. The van der Waals surface area contributed by atoms with Gasteiger partial charge < -0.3 is 4.74 Å². The van der Waals surface area contributed by atoms with E-state index in [-0.39, 0.29) is 0 Å². The summed E-state index contributed by atoms with van der Waals surface area (Å²) in [5.41, 5.74) is -3.79. The Bertz CT molecular complexity index is 490. The van der Waals surface area contributed by atoms with E-state index in [2.05, 4.69) is 9.72 Å². The average Bonchev–Trinajstić information content (AvgIpc) is 2.29. The van der Waals surface area contributed by atoms with Gasteiger partial charge in [0.05, 0.1) is 24.1 Å². The maximum absolute atomic E-state index is 12.8. The van der Waals surface area contributed by atoms with E-state index < -0.39 is 46.8 Å². The Morgan fingerprint density at radius 3 is 2.47 bits per heavy atom. The lowest BCUT2D eigenvalue weighted by Crippen LogP contribution is -2.17. The molecule has 0 aromatic carbocycles. The van der Waals surface area contributed by atoms with Crippen LogP contribution >= 0.6 is 11.6 Å². The Morgan fingerprint density at radius 1 is 1.47 bits per heavy atom. The van der Waals surface area contributed by atoms with Gasteiger partial charge >= 0.3 is 12.1 Å². The summed E-state index contributed by atoms with van der Waals surface area (Å²) in [4.78, 5) is 13.9. The highest BCUT2D eigenvalue weighted by atomic mass is 35.5. The molecule has 0 amide bonds. The molecule has 0 N–H and O–H groups in total. The largest absolute Gasteiger partial charge is 0.469 e. The minimum Gasteiger partial charge on any atom is -0.469 e. The van der Waals surface area contributed by atoms with Crippen LogP contribution in [-0.2, 0) is 22.1 Å². The Balaban J connectivity index is 3.46. The molecule has 0 saturated heterocycles. The molecule has 0 aliphatic rings. The molecular weight excluding hydrogens is 297 g/mol. The normalized spacial score (nSPS) is 11.8. The molecule has 1 heterocycles. The smallest absolute Gasteiger partial charge is 0.433 e. The summed E-state index contributed by atoms with van der Waals surface area (Å²) in [6.45, 7) is 0. The first-order valence-electron chi connectivity index (χ1n) is 4.78. The van der Waals surface area contributed by atoms with Crippen molar-refractivity contribution >= 4 is 17.6 Å².